The van der Waals surface area contributed by atoms with E-state index in [1.54, 1.807) is 23.1 Å². The van der Waals surface area contributed by atoms with Gasteiger partial charge in [0, 0.05) is 22.0 Å². The quantitative estimate of drug-likeness (QED) is 0.602. The van der Waals surface area contributed by atoms with Crippen LogP contribution in [0.25, 0.3) is 0 Å². The highest BCUT2D eigenvalue weighted by Crippen LogP contribution is 2.23. The van der Waals surface area contributed by atoms with Gasteiger partial charge in [-0.2, -0.15) is 0 Å². The third-order valence-electron chi connectivity index (χ3n) is 1.86. The highest BCUT2D eigenvalue weighted by Gasteiger charge is 1.98. The second kappa shape index (κ2) is 5.09. The van der Waals surface area contributed by atoms with Crippen molar-refractivity contribution in [2.24, 2.45) is 0 Å². The predicted molar refractivity (Wildman–Crippen MR) is 63.5 cm³/mol. The van der Waals surface area contributed by atoms with Crippen molar-refractivity contribution < 1.29 is 4.79 Å². The lowest BCUT2D eigenvalue weighted by molar-refractivity contribution is 0.112. The van der Waals surface area contributed by atoms with Gasteiger partial charge >= 0.3 is 0 Å². The van der Waals surface area contributed by atoms with Gasteiger partial charge in [-0.25, -0.2) is 4.98 Å². The molecule has 2 nitrogen and oxygen atoms in total. The first-order valence-electron chi connectivity index (χ1n) is 4.45. The van der Waals surface area contributed by atoms with Crippen LogP contribution in [0.1, 0.15) is 15.4 Å². The van der Waals surface area contributed by atoms with E-state index in [9.17, 15) is 4.79 Å². The van der Waals surface area contributed by atoms with Crippen molar-refractivity contribution in [1.29, 1.82) is 0 Å². The van der Waals surface area contributed by atoms with Gasteiger partial charge in [-0.05, 0) is 12.1 Å². The summed E-state index contributed by atoms with van der Waals surface area (Å²) in [4.78, 5) is 15.8. The number of thioether (sulfide) groups is 1. The summed E-state index contributed by atoms with van der Waals surface area (Å²) in [5, 5.41) is 3.10. The van der Waals surface area contributed by atoms with Crippen LogP contribution in [0.15, 0.2) is 40.7 Å². The standard InChI is InChI=1S/C11H9NOS2/c13-7-9-1-3-10(4-2-9)15-8-11-12-5-6-14-11/h1-7H,8H2. The fourth-order valence-electron chi connectivity index (χ4n) is 1.11. The molecule has 0 fully saturated rings. The molecule has 15 heavy (non-hydrogen) atoms. The van der Waals surface area contributed by atoms with E-state index in [0.717, 1.165) is 21.9 Å². The molecule has 0 unspecified atom stereocenters. The Hall–Kier alpha value is -1.13. The Morgan fingerprint density at radius 1 is 1.33 bits per heavy atom. The molecule has 2 aromatic rings. The summed E-state index contributed by atoms with van der Waals surface area (Å²) in [6, 6.07) is 7.58. The van der Waals surface area contributed by atoms with Gasteiger partial charge in [0.1, 0.15) is 11.3 Å². The molecule has 0 saturated carbocycles. The van der Waals surface area contributed by atoms with Gasteiger partial charge in [0.2, 0.25) is 0 Å². The summed E-state index contributed by atoms with van der Waals surface area (Å²) in [7, 11) is 0. The number of carbonyl (C=O) groups is 1. The third kappa shape index (κ3) is 2.91. The van der Waals surface area contributed by atoms with Crippen molar-refractivity contribution in [3.8, 4) is 0 Å². The molecule has 0 saturated heterocycles. The molecule has 0 bridgehead atoms. The van der Waals surface area contributed by atoms with Crippen molar-refractivity contribution in [1.82, 2.24) is 4.98 Å². The summed E-state index contributed by atoms with van der Waals surface area (Å²) in [6.07, 6.45) is 2.67. The number of hydrogen-bond donors (Lipinski definition) is 0. The van der Waals surface area contributed by atoms with Crippen molar-refractivity contribution in [2.75, 3.05) is 0 Å². The van der Waals surface area contributed by atoms with Crippen LogP contribution < -0.4 is 0 Å². The summed E-state index contributed by atoms with van der Waals surface area (Å²) >= 11 is 3.39. The smallest absolute Gasteiger partial charge is 0.150 e. The molecule has 1 aromatic heterocycles. The normalized spacial score (nSPS) is 10.1. The van der Waals surface area contributed by atoms with Gasteiger partial charge < -0.3 is 0 Å². The Balaban J connectivity index is 1.96. The van der Waals surface area contributed by atoms with E-state index in [1.807, 2.05) is 35.8 Å². The number of carbonyl (C=O) groups excluding carboxylic acids is 1. The van der Waals surface area contributed by atoms with Crippen LogP contribution in [0.3, 0.4) is 0 Å². The molecule has 76 valence electrons. The molecular formula is C11H9NOS2. The van der Waals surface area contributed by atoms with Gasteiger partial charge in [-0.15, -0.1) is 23.1 Å². The summed E-state index contributed by atoms with van der Waals surface area (Å²) < 4.78 is 0. The molecule has 4 heteroatoms. The van der Waals surface area contributed by atoms with Crippen molar-refractivity contribution in [3.05, 3.63) is 46.4 Å². The lowest BCUT2D eigenvalue weighted by atomic mass is 10.2. The molecule has 2 rings (SSSR count). The van der Waals surface area contributed by atoms with Crippen LogP contribution >= 0.6 is 23.1 Å². The molecule has 0 atom stereocenters. The average molecular weight is 235 g/mol. The van der Waals surface area contributed by atoms with E-state index in [4.69, 9.17) is 0 Å². The Kier molecular flexibility index (Phi) is 3.53. The van der Waals surface area contributed by atoms with Crippen molar-refractivity contribution in [2.45, 2.75) is 10.6 Å². The summed E-state index contributed by atoms with van der Waals surface area (Å²) in [5.41, 5.74) is 0.716. The van der Waals surface area contributed by atoms with Gasteiger partial charge in [0.25, 0.3) is 0 Å². The molecule has 0 N–H and O–H groups in total. The monoisotopic (exact) mass is 235 g/mol. The first kappa shape index (κ1) is 10.4. The van der Waals surface area contributed by atoms with Crippen LogP contribution in [0.4, 0.5) is 0 Å². The highest BCUT2D eigenvalue weighted by atomic mass is 32.2. The van der Waals surface area contributed by atoms with E-state index in [-0.39, 0.29) is 0 Å². The molecule has 1 heterocycles. The predicted octanol–water partition coefficient (Wildman–Crippen LogP) is 3.25. The van der Waals surface area contributed by atoms with Crippen LogP contribution in [0.2, 0.25) is 0 Å². The SMILES string of the molecule is O=Cc1ccc(SCc2nccs2)cc1. The van der Waals surface area contributed by atoms with Gasteiger partial charge in [-0.1, -0.05) is 12.1 Å². The topological polar surface area (TPSA) is 30.0 Å². The van der Waals surface area contributed by atoms with E-state index in [1.165, 1.54) is 0 Å². The minimum absolute atomic E-state index is 0.716. The molecule has 0 aliphatic rings. The number of rotatable bonds is 4. The highest BCUT2D eigenvalue weighted by molar-refractivity contribution is 7.98. The fourth-order valence-corrected chi connectivity index (χ4v) is 2.65. The number of aromatic nitrogens is 1. The third-order valence-corrected chi connectivity index (χ3v) is 3.85. The second-order valence-electron chi connectivity index (χ2n) is 2.90. The van der Waals surface area contributed by atoms with Gasteiger partial charge in [-0.3, -0.25) is 4.79 Å². The zero-order chi connectivity index (χ0) is 10.5. The van der Waals surface area contributed by atoms with E-state index in [0.29, 0.717) is 5.56 Å². The van der Waals surface area contributed by atoms with Gasteiger partial charge in [0.05, 0.1) is 5.75 Å². The zero-order valence-electron chi connectivity index (χ0n) is 7.92. The molecule has 0 radical (unpaired) electrons. The fraction of sp³-hybridized carbons (Fsp3) is 0.0909. The molecule has 0 aliphatic carbocycles. The maximum atomic E-state index is 10.4. The minimum Gasteiger partial charge on any atom is -0.298 e. The van der Waals surface area contributed by atoms with Crippen molar-refractivity contribution >= 4 is 29.4 Å². The Morgan fingerprint density at radius 2 is 2.13 bits per heavy atom. The first-order valence-corrected chi connectivity index (χ1v) is 6.31. The maximum absolute atomic E-state index is 10.4. The van der Waals surface area contributed by atoms with Gasteiger partial charge in [0.15, 0.2) is 0 Å². The molecule has 0 spiro atoms. The van der Waals surface area contributed by atoms with Crippen LogP contribution in [-0.2, 0) is 5.75 Å². The molecule has 0 aliphatic heterocycles. The first-order chi connectivity index (χ1) is 7.38. The van der Waals surface area contributed by atoms with E-state index in [2.05, 4.69) is 4.98 Å². The number of aldehydes is 1. The van der Waals surface area contributed by atoms with Crippen LogP contribution in [0.5, 0.6) is 0 Å². The van der Waals surface area contributed by atoms with Crippen LogP contribution in [-0.4, -0.2) is 11.3 Å². The lowest BCUT2D eigenvalue weighted by Gasteiger charge is -1.98. The van der Waals surface area contributed by atoms with E-state index >= 15 is 0 Å². The second-order valence-corrected chi connectivity index (χ2v) is 4.93. The number of hydrogen-bond acceptors (Lipinski definition) is 4. The summed E-state index contributed by atoms with van der Waals surface area (Å²) in [5.74, 6) is 0.887. The maximum Gasteiger partial charge on any atom is 0.150 e. The average Bonchev–Trinajstić information content (AvgIpc) is 2.80. The summed E-state index contributed by atoms with van der Waals surface area (Å²) in [6.45, 7) is 0. The lowest BCUT2D eigenvalue weighted by Crippen LogP contribution is -1.80. The van der Waals surface area contributed by atoms with E-state index < -0.39 is 0 Å². The Bertz CT molecular complexity index is 422. The molecule has 0 amide bonds. The largest absolute Gasteiger partial charge is 0.298 e. The Labute approximate surface area is 96.4 Å². The number of thiazole rings is 1. The Morgan fingerprint density at radius 3 is 2.73 bits per heavy atom. The van der Waals surface area contributed by atoms with Crippen molar-refractivity contribution in [3.63, 3.8) is 0 Å². The number of nitrogens with zero attached hydrogens (tertiary/aromatic N) is 1. The number of benzene rings is 1. The molecular weight excluding hydrogens is 226 g/mol. The van der Waals surface area contributed by atoms with Crippen LogP contribution in [0, 0.1) is 0 Å². The minimum atomic E-state index is 0.716. The molecule has 1 aromatic carbocycles. The zero-order valence-corrected chi connectivity index (χ0v) is 9.55.